The highest BCUT2D eigenvalue weighted by molar-refractivity contribution is 5.77. The zero-order valence-electron chi connectivity index (χ0n) is 14.9. The number of hydrogen-bond acceptors (Lipinski definition) is 2. The first-order valence-electron chi connectivity index (χ1n) is 9.54. The molecule has 0 aliphatic carbocycles. The number of carbonyl (C=O) groups is 1. The van der Waals surface area contributed by atoms with Gasteiger partial charge in [-0.25, -0.2) is 0 Å². The predicted molar refractivity (Wildman–Crippen MR) is 95.4 cm³/mol. The van der Waals surface area contributed by atoms with Crippen LogP contribution < -0.4 is 9.64 Å². The number of piperidine rings is 1. The van der Waals surface area contributed by atoms with Crippen molar-refractivity contribution in [2.45, 2.75) is 51.5 Å². The fourth-order valence-electron chi connectivity index (χ4n) is 4.07. The number of benzene rings is 1. The Kier molecular flexibility index (Phi) is 6.13. The maximum atomic E-state index is 12.4. The first-order valence-corrected chi connectivity index (χ1v) is 9.54. The van der Waals surface area contributed by atoms with Crippen LogP contribution in [0.4, 0.5) is 0 Å². The molecule has 4 heteroatoms. The van der Waals surface area contributed by atoms with Gasteiger partial charge in [0.05, 0.1) is 19.1 Å². The zero-order valence-corrected chi connectivity index (χ0v) is 14.9. The number of quaternary nitrogens is 1. The summed E-state index contributed by atoms with van der Waals surface area (Å²) in [6, 6.07) is 8.64. The van der Waals surface area contributed by atoms with Crippen LogP contribution in [-0.2, 0) is 4.79 Å². The number of amides is 1. The van der Waals surface area contributed by atoms with Crippen molar-refractivity contribution in [1.29, 1.82) is 0 Å². The Hall–Kier alpha value is -1.55. The standard InChI is InChI=1S/C20H30N2O2/c1-17-7-6-8-19(15-17)24-16-20(23)22-13-9-18(10-14-22)21-11-4-2-3-5-12-21/h6-8,15,18H,2-5,9-14,16H2,1H3/p+1. The van der Waals surface area contributed by atoms with Crippen LogP contribution in [0.3, 0.4) is 0 Å². The lowest BCUT2D eigenvalue weighted by Gasteiger charge is -2.35. The van der Waals surface area contributed by atoms with E-state index in [4.69, 9.17) is 4.74 Å². The lowest BCUT2D eigenvalue weighted by atomic mass is 10.0. The number of likely N-dealkylation sites (tertiary alicyclic amines) is 2. The molecule has 1 aromatic rings. The number of nitrogens with zero attached hydrogens (tertiary/aromatic N) is 1. The molecular formula is C20H31N2O2+. The van der Waals surface area contributed by atoms with E-state index in [-0.39, 0.29) is 12.5 Å². The van der Waals surface area contributed by atoms with Gasteiger partial charge in [-0.2, -0.15) is 0 Å². The third-order valence-corrected chi connectivity index (χ3v) is 5.52. The maximum Gasteiger partial charge on any atom is 0.260 e. The van der Waals surface area contributed by atoms with Gasteiger partial charge < -0.3 is 14.5 Å². The van der Waals surface area contributed by atoms with E-state index >= 15 is 0 Å². The van der Waals surface area contributed by atoms with Crippen LogP contribution in [0.1, 0.15) is 44.1 Å². The summed E-state index contributed by atoms with van der Waals surface area (Å²) < 4.78 is 5.67. The van der Waals surface area contributed by atoms with E-state index in [1.807, 2.05) is 36.1 Å². The summed E-state index contributed by atoms with van der Waals surface area (Å²) in [5.74, 6) is 0.910. The molecule has 2 saturated heterocycles. The van der Waals surface area contributed by atoms with Crippen LogP contribution in [-0.4, -0.2) is 49.6 Å². The summed E-state index contributed by atoms with van der Waals surface area (Å²) in [5.41, 5.74) is 1.15. The fraction of sp³-hybridized carbons (Fsp3) is 0.650. The van der Waals surface area contributed by atoms with Crippen molar-refractivity contribution in [3.63, 3.8) is 0 Å². The van der Waals surface area contributed by atoms with Gasteiger partial charge in [-0.1, -0.05) is 12.1 Å². The van der Waals surface area contributed by atoms with Crippen molar-refractivity contribution >= 4 is 5.91 Å². The van der Waals surface area contributed by atoms with Crippen LogP contribution in [0.15, 0.2) is 24.3 Å². The van der Waals surface area contributed by atoms with Gasteiger partial charge in [-0.3, -0.25) is 4.79 Å². The topological polar surface area (TPSA) is 34.0 Å². The molecule has 1 amide bonds. The summed E-state index contributed by atoms with van der Waals surface area (Å²) in [6.45, 7) is 6.63. The molecule has 0 radical (unpaired) electrons. The highest BCUT2D eigenvalue weighted by Gasteiger charge is 2.29. The van der Waals surface area contributed by atoms with Gasteiger partial charge in [0.25, 0.3) is 5.91 Å². The van der Waals surface area contributed by atoms with Crippen molar-refractivity contribution in [3.05, 3.63) is 29.8 Å². The quantitative estimate of drug-likeness (QED) is 0.913. The maximum absolute atomic E-state index is 12.4. The summed E-state index contributed by atoms with van der Waals surface area (Å²) >= 11 is 0. The SMILES string of the molecule is Cc1cccc(OCC(=O)N2CCC([NH+]3CCCCCC3)CC2)c1. The van der Waals surface area contributed by atoms with Gasteiger partial charge in [0, 0.05) is 25.9 Å². The monoisotopic (exact) mass is 331 g/mol. The Morgan fingerprint density at radius 1 is 1.17 bits per heavy atom. The molecule has 0 bridgehead atoms. The third-order valence-electron chi connectivity index (χ3n) is 5.52. The van der Waals surface area contributed by atoms with E-state index in [0.717, 1.165) is 43.3 Å². The molecule has 0 atom stereocenters. The molecular weight excluding hydrogens is 300 g/mol. The molecule has 2 aliphatic heterocycles. The molecule has 0 spiro atoms. The largest absolute Gasteiger partial charge is 0.484 e. The second kappa shape index (κ2) is 8.52. The van der Waals surface area contributed by atoms with E-state index in [9.17, 15) is 4.79 Å². The first-order chi connectivity index (χ1) is 11.7. The van der Waals surface area contributed by atoms with Gasteiger partial charge in [-0.15, -0.1) is 0 Å². The lowest BCUT2D eigenvalue weighted by molar-refractivity contribution is -0.926. The summed E-state index contributed by atoms with van der Waals surface area (Å²) in [5, 5.41) is 0. The molecule has 2 aliphatic rings. The van der Waals surface area contributed by atoms with Crippen LogP contribution in [0.5, 0.6) is 5.75 Å². The summed E-state index contributed by atoms with van der Waals surface area (Å²) in [7, 11) is 0. The van der Waals surface area contributed by atoms with Gasteiger partial charge >= 0.3 is 0 Å². The number of rotatable bonds is 4. The molecule has 1 aromatic carbocycles. The second-order valence-electron chi connectivity index (χ2n) is 7.33. The minimum atomic E-state index is 0.126. The molecule has 2 heterocycles. The average Bonchev–Trinajstić information content (AvgIpc) is 2.89. The van der Waals surface area contributed by atoms with Crippen molar-refractivity contribution in [1.82, 2.24) is 4.90 Å². The van der Waals surface area contributed by atoms with Crippen LogP contribution in [0.2, 0.25) is 0 Å². The molecule has 0 saturated carbocycles. The smallest absolute Gasteiger partial charge is 0.260 e. The molecule has 3 rings (SSSR count). The normalized spacial score (nSPS) is 20.6. The van der Waals surface area contributed by atoms with Crippen molar-refractivity contribution in [2.75, 3.05) is 32.8 Å². The Labute approximate surface area is 145 Å². The van der Waals surface area contributed by atoms with Crippen molar-refractivity contribution in [3.8, 4) is 5.75 Å². The zero-order chi connectivity index (χ0) is 16.8. The van der Waals surface area contributed by atoms with Crippen LogP contribution in [0, 0.1) is 6.92 Å². The van der Waals surface area contributed by atoms with Gasteiger partial charge in [0.1, 0.15) is 5.75 Å². The number of nitrogens with one attached hydrogen (secondary N) is 1. The van der Waals surface area contributed by atoms with Crippen LogP contribution >= 0.6 is 0 Å². The molecule has 1 N–H and O–H groups in total. The fourth-order valence-corrected chi connectivity index (χ4v) is 4.07. The Bertz CT molecular complexity index is 530. The lowest BCUT2D eigenvalue weighted by Crippen LogP contribution is -3.16. The first kappa shape index (κ1) is 17.3. The van der Waals surface area contributed by atoms with E-state index in [2.05, 4.69) is 0 Å². The van der Waals surface area contributed by atoms with Gasteiger partial charge in [-0.05, 0) is 50.3 Å². The Morgan fingerprint density at radius 3 is 2.54 bits per heavy atom. The molecule has 0 aromatic heterocycles. The second-order valence-corrected chi connectivity index (χ2v) is 7.33. The number of hydrogen-bond donors (Lipinski definition) is 1. The van der Waals surface area contributed by atoms with Crippen molar-refractivity contribution < 1.29 is 14.4 Å². The van der Waals surface area contributed by atoms with Crippen molar-refractivity contribution in [2.24, 2.45) is 0 Å². The van der Waals surface area contributed by atoms with E-state index in [1.54, 1.807) is 4.90 Å². The summed E-state index contributed by atoms with van der Waals surface area (Å²) in [6.07, 6.45) is 7.84. The van der Waals surface area contributed by atoms with Gasteiger partial charge in [0.2, 0.25) is 0 Å². The summed E-state index contributed by atoms with van der Waals surface area (Å²) in [4.78, 5) is 16.2. The highest BCUT2D eigenvalue weighted by Crippen LogP contribution is 2.14. The van der Waals surface area contributed by atoms with E-state index < -0.39 is 0 Å². The molecule has 132 valence electrons. The van der Waals surface area contributed by atoms with Crippen LogP contribution in [0.25, 0.3) is 0 Å². The average molecular weight is 331 g/mol. The molecule has 4 nitrogen and oxygen atoms in total. The van der Waals surface area contributed by atoms with E-state index in [0.29, 0.717) is 0 Å². The Morgan fingerprint density at radius 2 is 1.88 bits per heavy atom. The number of aryl methyl sites for hydroxylation is 1. The number of ether oxygens (including phenoxy) is 1. The molecule has 2 fully saturated rings. The molecule has 0 unspecified atom stereocenters. The highest BCUT2D eigenvalue weighted by atomic mass is 16.5. The van der Waals surface area contributed by atoms with Gasteiger partial charge in [0.15, 0.2) is 6.61 Å². The minimum absolute atomic E-state index is 0.126. The molecule has 24 heavy (non-hydrogen) atoms. The number of carbonyl (C=O) groups excluding carboxylic acids is 1. The van der Waals surface area contributed by atoms with E-state index in [1.165, 1.54) is 38.8 Å². The predicted octanol–water partition coefficient (Wildman–Crippen LogP) is 1.82. The minimum Gasteiger partial charge on any atom is -0.484 e. The third kappa shape index (κ3) is 4.73. The Balaban J connectivity index is 1.43.